The smallest absolute Gasteiger partial charge is 0.303 e. The van der Waals surface area contributed by atoms with Crippen LogP contribution in [0.2, 0.25) is 0 Å². The first-order valence-electron chi connectivity index (χ1n) is 12.4. The number of nitrogens with one attached hydrogen (secondary N) is 2. The van der Waals surface area contributed by atoms with Crippen LogP contribution >= 0.6 is 0 Å². The zero-order valence-electron chi connectivity index (χ0n) is 23.8. The van der Waals surface area contributed by atoms with Crippen molar-refractivity contribution in [1.82, 2.24) is 0 Å². The van der Waals surface area contributed by atoms with E-state index in [-0.39, 0.29) is 11.4 Å². The molecule has 2 amide bonds. The fraction of sp³-hybridized carbons (Fsp3) is 0.357. The van der Waals surface area contributed by atoms with Crippen molar-refractivity contribution in [3.8, 4) is 11.5 Å². The fourth-order valence-corrected chi connectivity index (χ4v) is 3.66. The number of esters is 4. The van der Waals surface area contributed by atoms with E-state index in [0.717, 1.165) is 27.7 Å². The maximum Gasteiger partial charge on any atom is 0.303 e. The highest BCUT2D eigenvalue weighted by atomic mass is 16.6. The minimum Gasteiger partial charge on any atom is -0.497 e. The van der Waals surface area contributed by atoms with Gasteiger partial charge >= 0.3 is 23.9 Å². The van der Waals surface area contributed by atoms with Crippen LogP contribution in [0.25, 0.3) is 0 Å². The van der Waals surface area contributed by atoms with Crippen LogP contribution in [0, 0.1) is 0 Å². The summed E-state index contributed by atoms with van der Waals surface area (Å²) in [7, 11) is 2.90. The first-order valence-corrected chi connectivity index (χ1v) is 12.4. The minimum atomic E-state index is -1.98. The third-order valence-electron chi connectivity index (χ3n) is 5.34. The van der Waals surface area contributed by atoms with E-state index >= 15 is 0 Å². The quantitative estimate of drug-likeness (QED) is 0.257. The van der Waals surface area contributed by atoms with E-state index in [9.17, 15) is 28.8 Å². The number of amides is 2. The van der Waals surface area contributed by atoms with Crippen molar-refractivity contribution in [1.29, 1.82) is 0 Å². The average molecular weight is 589 g/mol. The molecule has 0 saturated carbocycles. The third-order valence-corrected chi connectivity index (χ3v) is 5.34. The second kappa shape index (κ2) is 15.6. The summed E-state index contributed by atoms with van der Waals surface area (Å²) in [5.41, 5.74) is 0.467. The molecular weight excluding hydrogens is 556 g/mol. The molecule has 2 rings (SSSR count). The van der Waals surface area contributed by atoms with Gasteiger partial charge in [-0.05, 0) is 48.5 Å². The zero-order chi connectivity index (χ0) is 31.4. The minimum absolute atomic E-state index is 0.234. The Morgan fingerprint density at radius 1 is 0.500 bits per heavy atom. The summed E-state index contributed by atoms with van der Waals surface area (Å²) < 4.78 is 31.2. The molecule has 2 N–H and O–H groups in total. The lowest BCUT2D eigenvalue weighted by molar-refractivity contribution is -0.198. The monoisotopic (exact) mass is 588 g/mol. The molecule has 14 nitrogen and oxygen atoms in total. The third kappa shape index (κ3) is 10.1. The van der Waals surface area contributed by atoms with E-state index in [1.165, 1.54) is 38.5 Å². The maximum atomic E-state index is 13.4. The summed E-state index contributed by atoms with van der Waals surface area (Å²) in [5, 5.41) is 4.99. The van der Waals surface area contributed by atoms with Crippen LogP contribution in [-0.4, -0.2) is 74.3 Å². The van der Waals surface area contributed by atoms with E-state index < -0.39 is 60.1 Å². The molecule has 0 aliphatic carbocycles. The second-order valence-corrected chi connectivity index (χ2v) is 8.64. The van der Waals surface area contributed by atoms with Gasteiger partial charge in [0.2, 0.25) is 12.2 Å². The number of ether oxygens (including phenoxy) is 6. The number of anilines is 2. The van der Waals surface area contributed by atoms with Crippen molar-refractivity contribution >= 4 is 47.1 Å². The molecule has 14 heteroatoms. The Morgan fingerprint density at radius 3 is 1.02 bits per heavy atom. The SMILES string of the molecule is COc1ccc(NC(=O)[C@@H](OC(C)=O)[C@H](OC(C)=O)[C@H](OC(C)=O)[C@H](OC(C)=O)C(=O)Nc2ccc(OC)cc2)cc1. The molecular formula is C28H32N2O12. The summed E-state index contributed by atoms with van der Waals surface area (Å²) in [5.74, 6) is -5.00. The summed E-state index contributed by atoms with van der Waals surface area (Å²) in [6, 6.07) is 12.1. The average Bonchev–Trinajstić information content (AvgIpc) is 2.92. The first-order chi connectivity index (χ1) is 19.8. The number of methoxy groups -OCH3 is 2. The van der Waals surface area contributed by atoms with Crippen LogP contribution in [0.5, 0.6) is 11.5 Å². The van der Waals surface area contributed by atoms with Gasteiger partial charge in [0, 0.05) is 39.1 Å². The van der Waals surface area contributed by atoms with Gasteiger partial charge in [-0.3, -0.25) is 28.8 Å². The molecule has 0 aromatic heterocycles. The molecule has 42 heavy (non-hydrogen) atoms. The molecule has 0 bridgehead atoms. The Hall–Kier alpha value is -5.14. The molecule has 2 aromatic carbocycles. The van der Waals surface area contributed by atoms with Gasteiger partial charge in [0.15, 0.2) is 12.2 Å². The predicted molar refractivity (Wildman–Crippen MR) is 145 cm³/mol. The number of hydrogen-bond acceptors (Lipinski definition) is 12. The Morgan fingerprint density at radius 2 is 0.786 bits per heavy atom. The highest BCUT2D eigenvalue weighted by Gasteiger charge is 2.49. The van der Waals surface area contributed by atoms with Crippen LogP contribution in [0.15, 0.2) is 48.5 Å². The van der Waals surface area contributed by atoms with E-state index in [1.54, 1.807) is 24.3 Å². The Kier molecular flexibility index (Phi) is 12.3. The van der Waals surface area contributed by atoms with Gasteiger partial charge in [-0.15, -0.1) is 0 Å². The zero-order valence-corrected chi connectivity index (χ0v) is 23.8. The van der Waals surface area contributed by atoms with Crippen molar-refractivity contribution in [3.05, 3.63) is 48.5 Å². The molecule has 0 radical (unpaired) electrons. The van der Waals surface area contributed by atoms with Crippen LogP contribution in [0.4, 0.5) is 11.4 Å². The molecule has 0 unspecified atom stereocenters. The maximum absolute atomic E-state index is 13.4. The summed E-state index contributed by atoms with van der Waals surface area (Å²) in [6.07, 6.45) is -7.88. The molecule has 226 valence electrons. The standard InChI is InChI=1S/C28H32N2O12/c1-15(31)39-23(25(41-17(3)33)27(35)29-19-7-11-21(37-5)12-8-19)24(40-16(2)32)26(42-18(4)34)28(36)30-20-9-13-22(38-6)14-10-20/h7-14,23-26H,1-6H3,(H,29,35)(H,30,36)/t23-,24+,25-,26-/m0/s1. The van der Waals surface area contributed by atoms with Crippen LogP contribution in [0.1, 0.15) is 27.7 Å². The lowest BCUT2D eigenvalue weighted by Crippen LogP contribution is -2.57. The van der Waals surface area contributed by atoms with E-state index in [4.69, 9.17) is 28.4 Å². The number of rotatable bonds is 13. The number of carbonyl (C=O) groups excluding carboxylic acids is 6. The first kappa shape index (κ1) is 33.1. The molecule has 0 spiro atoms. The van der Waals surface area contributed by atoms with Crippen molar-refractivity contribution < 1.29 is 57.2 Å². The molecule has 0 heterocycles. The summed E-state index contributed by atoms with van der Waals surface area (Å²) in [4.78, 5) is 75.3. The lowest BCUT2D eigenvalue weighted by atomic mass is 10.00. The van der Waals surface area contributed by atoms with Crippen molar-refractivity contribution in [3.63, 3.8) is 0 Å². The molecule has 0 aliphatic rings. The summed E-state index contributed by atoms with van der Waals surface area (Å²) >= 11 is 0. The molecule has 4 atom stereocenters. The lowest BCUT2D eigenvalue weighted by Gasteiger charge is -2.34. The van der Waals surface area contributed by atoms with Gasteiger partial charge in [-0.25, -0.2) is 0 Å². The van der Waals surface area contributed by atoms with Gasteiger partial charge in [-0.2, -0.15) is 0 Å². The molecule has 0 aliphatic heterocycles. The topological polar surface area (TPSA) is 182 Å². The van der Waals surface area contributed by atoms with Gasteiger partial charge < -0.3 is 39.1 Å². The largest absolute Gasteiger partial charge is 0.497 e. The van der Waals surface area contributed by atoms with Crippen LogP contribution in [-0.2, 0) is 47.7 Å². The molecule has 0 fully saturated rings. The Bertz CT molecular complexity index is 1180. The second-order valence-electron chi connectivity index (χ2n) is 8.64. The predicted octanol–water partition coefficient (Wildman–Crippen LogP) is 2.01. The van der Waals surface area contributed by atoms with Gasteiger partial charge in [0.1, 0.15) is 11.5 Å². The van der Waals surface area contributed by atoms with E-state index in [0.29, 0.717) is 11.5 Å². The highest BCUT2D eigenvalue weighted by Crippen LogP contribution is 2.24. The Balaban J connectivity index is 2.56. The molecule has 0 saturated heterocycles. The van der Waals surface area contributed by atoms with Gasteiger partial charge in [-0.1, -0.05) is 0 Å². The van der Waals surface area contributed by atoms with Crippen molar-refractivity contribution in [2.45, 2.75) is 52.1 Å². The fourth-order valence-electron chi connectivity index (χ4n) is 3.66. The van der Waals surface area contributed by atoms with Gasteiger partial charge in [0.05, 0.1) is 14.2 Å². The van der Waals surface area contributed by atoms with E-state index in [1.807, 2.05) is 0 Å². The normalized spacial score (nSPS) is 13.2. The van der Waals surface area contributed by atoms with Crippen molar-refractivity contribution in [2.75, 3.05) is 24.9 Å². The molecule has 2 aromatic rings. The van der Waals surface area contributed by atoms with E-state index in [2.05, 4.69) is 10.6 Å². The highest BCUT2D eigenvalue weighted by molar-refractivity contribution is 5.98. The summed E-state index contributed by atoms with van der Waals surface area (Å²) in [6.45, 7) is 3.92. The number of benzene rings is 2. The number of hydrogen-bond donors (Lipinski definition) is 2. The van der Waals surface area contributed by atoms with Crippen molar-refractivity contribution in [2.24, 2.45) is 0 Å². The number of carbonyl (C=O) groups is 6. The van der Waals surface area contributed by atoms with Crippen LogP contribution < -0.4 is 20.1 Å². The van der Waals surface area contributed by atoms with Gasteiger partial charge in [0.25, 0.3) is 11.8 Å². The Labute approximate surface area is 241 Å². The van der Waals surface area contributed by atoms with Crippen LogP contribution in [0.3, 0.4) is 0 Å².